The van der Waals surface area contributed by atoms with Crippen LogP contribution >= 0.6 is 11.6 Å². The molecule has 2 heterocycles. The van der Waals surface area contributed by atoms with Gasteiger partial charge in [0.05, 0.1) is 11.5 Å². The van der Waals surface area contributed by atoms with Crippen molar-refractivity contribution in [2.45, 2.75) is 12.6 Å². The normalized spacial score (nSPS) is 17.5. The van der Waals surface area contributed by atoms with Crippen LogP contribution in [0.5, 0.6) is 0 Å². The molecular formula is C19H18ClN5O3. The highest BCUT2D eigenvalue weighted by Gasteiger charge is 2.27. The number of piperazine rings is 1. The lowest BCUT2D eigenvalue weighted by atomic mass is 10.0. The van der Waals surface area contributed by atoms with Gasteiger partial charge in [-0.2, -0.15) is 4.98 Å². The predicted molar refractivity (Wildman–Crippen MR) is 104 cm³/mol. The molecule has 1 saturated heterocycles. The number of aromatic nitrogens is 2. The highest BCUT2D eigenvalue weighted by Crippen LogP contribution is 2.29. The third-order valence-electron chi connectivity index (χ3n) is 4.76. The summed E-state index contributed by atoms with van der Waals surface area (Å²) in [6.45, 7) is 2.97. The first-order valence-corrected chi connectivity index (χ1v) is 9.26. The van der Waals surface area contributed by atoms with Crippen molar-refractivity contribution in [2.75, 3.05) is 19.6 Å². The molecule has 4 rings (SSSR count). The van der Waals surface area contributed by atoms with Gasteiger partial charge in [-0.25, -0.2) is 0 Å². The Kier molecular flexibility index (Phi) is 5.34. The summed E-state index contributed by atoms with van der Waals surface area (Å²) in [7, 11) is 0. The summed E-state index contributed by atoms with van der Waals surface area (Å²) in [5.41, 5.74) is 1.76. The van der Waals surface area contributed by atoms with Crippen LogP contribution in [0.4, 0.5) is 5.69 Å². The van der Waals surface area contributed by atoms with E-state index in [0.29, 0.717) is 23.8 Å². The minimum Gasteiger partial charge on any atom is -0.338 e. The molecule has 8 nitrogen and oxygen atoms in total. The van der Waals surface area contributed by atoms with Gasteiger partial charge in [0.1, 0.15) is 0 Å². The van der Waals surface area contributed by atoms with Gasteiger partial charge in [0.25, 0.3) is 5.69 Å². The molecule has 3 aromatic rings. The zero-order valence-corrected chi connectivity index (χ0v) is 15.7. The molecular weight excluding hydrogens is 382 g/mol. The SMILES string of the molecule is O=[N+]([O-])c1ccc(-c2noc(CN3CCNCC3c3ccccc3Cl)n2)cc1. The molecule has 0 radical (unpaired) electrons. The molecule has 1 aliphatic rings. The van der Waals surface area contributed by atoms with E-state index in [1.807, 2.05) is 24.3 Å². The highest BCUT2D eigenvalue weighted by atomic mass is 35.5. The first kappa shape index (κ1) is 18.5. The number of nitrogens with one attached hydrogen (secondary N) is 1. The molecule has 1 atom stereocenters. The number of nitrogens with zero attached hydrogens (tertiary/aromatic N) is 4. The number of halogens is 1. The van der Waals surface area contributed by atoms with E-state index in [1.54, 1.807) is 12.1 Å². The van der Waals surface area contributed by atoms with Gasteiger partial charge in [-0.1, -0.05) is 35.0 Å². The third kappa shape index (κ3) is 3.89. The molecule has 0 saturated carbocycles. The molecule has 0 aliphatic carbocycles. The Morgan fingerprint density at radius 3 is 2.79 bits per heavy atom. The van der Waals surface area contributed by atoms with Crippen molar-refractivity contribution in [1.82, 2.24) is 20.4 Å². The summed E-state index contributed by atoms with van der Waals surface area (Å²) in [6.07, 6.45) is 0. The molecule has 2 aromatic carbocycles. The summed E-state index contributed by atoms with van der Waals surface area (Å²) < 4.78 is 5.42. The van der Waals surface area contributed by atoms with Crippen molar-refractivity contribution in [3.63, 3.8) is 0 Å². The van der Waals surface area contributed by atoms with E-state index in [4.69, 9.17) is 16.1 Å². The maximum absolute atomic E-state index is 10.8. The van der Waals surface area contributed by atoms with Gasteiger partial charge in [-0.3, -0.25) is 15.0 Å². The van der Waals surface area contributed by atoms with E-state index in [-0.39, 0.29) is 11.7 Å². The Balaban J connectivity index is 1.52. The lowest BCUT2D eigenvalue weighted by molar-refractivity contribution is -0.384. The Morgan fingerprint density at radius 1 is 1.25 bits per heavy atom. The van der Waals surface area contributed by atoms with Gasteiger partial charge in [-0.15, -0.1) is 0 Å². The molecule has 9 heteroatoms. The van der Waals surface area contributed by atoms with E-state index in [1.165, 1.54) is 12.1 Å². The summed E-state index contributed by atoms with van der Waals surface area (Å²) >= 11 is 6.39. The number of benzene rings is 2. The van der Waals surface area contributed by atoms with Crippen molar-refractivity contribution in [3.8, 4) is 11.4 Å². The molecule has 1 aromatic heterocycles. The zero-order valence-electron chi connectivity index (χ0n) is 14.9. The molecule has 0 spiro atoms. The van der Waals surface area contributed by atoms with Gasteiger partial charge in [0.15, 0.2) is 0 Å². The van der Waals surface area contributed by atoms with Crippen LogP contribution in [0.1, 0.15) is 17.5 Å². The summed E-state index contributed by atoms with van der Waals surface area (Å²) in [5.74, 6) is 0.904. The number of rotatable bonds is 5. The smallest absolute Gasteiger partial charge is 0.269 e. The lowest BCUT2D eigenvalue weighted by Crippen LogP contribution is -2.45. The van der Waals surface area contributed by atoms with Crippen molar-refractivity contribution in [2.24, 2.45) is 0 Å². The second kappa shape index (κ2) is 8.05. The maximum Gasteiger partial charge on any atom is 0.269 e. The van der Waals surface area contributed by atoms with Crippen LogP contribution in [-0.2, 0) is 6.54 Å². The van der Waals surface area contributed by atoms with Gasteiger partial charge in [-0.05, 0) is 23.8 Å². The largest absolute Gasteiger partial charge is 0.338 e. The van der Waals surface area contributed by atoms with Crippen molar-refractivity contribution in [3.05, 3.63) is 75.1 Å². The van der Waals surface area contributed by atoms with Crippen molar-refractivity contribution < 1.29 is 9.45 Å². The van der Waals surface area contributed by atoms with Crippen LogP contribution in [0.2, 0.25) is 5.02 Å². The Labute approximate surface area is 166 Å². The minimum atomic E-state index is -0.440. The summed E-state index contributed by atoms with van der Waals surface area (Å²) in [6, 6.07) is 14.0. The lowest BCUT2D eigenvalue weighted by Gasteiger charge is -2.35. The third-order valence-corrected chi connectivity index (χ3v) is 5.11. The van der Waals surface area contributed by atoms with E-state index in [0.717, 1.165) is 30.2 Å². The van der Waals surface area contributed by atoms with E-state index in [9.17, 15) is 10.1 Å². The minimum absolute atomic E-state index is 0.0240. The Hall–Kier alpha value is -2.81. The topological polar surface area (TPSA) is 97.3 Å². The van der Waals surface area contributed by atoms with E-state index >= 15 is 0 Å². The maximum atomic E-state index is 10.8. The molecule has 1 unspecified atom stereocenters. The summed E-state index contributed by atoms with van der Waals surface area (Å²) in [4.78, 5) is 17.1. The first-order chi connectivity index (χ1) is 13.6. The summed E-state index contributed by atoms with van der Waals surface area (Å²) in [5, 5.41) is 18.9. The predicted octanol–water partition coefficient (Wildman–Crippen LogP) is 3.44. The molecule has 1 fully saturated rings. The number of hydrogen-bond donors (Lipinski definition) is 1. The molecule has 0 amide bonds. The number of nitro benzene ring substituents is 1. The van der Waals surface area contributed by atoms with Crippen LogP contribution in [0, 0.1) is 10.1 Å². The number of hydrogen-bond acceptors (Lipinski definition) is 7. The number of non-ortho nitro benzene ring substituents is 1. The first-order valence-electron chi connectivity index (χ1n) is 8.88. The van der Waals surface area contributed by atoms with Crippen LogP contribution in [0.15, 0.2) is 53.1 Å². The second-order valence-corrected chi connectivity index (χ2v) is 6.93. The van der Waals surface area contributed by atoms with Crippen molar-refractivity contribution in [1.29, 1.82) is 0 Å². The standard InChI is InChI=1S/C19H18ClN5O3/c20-16-4-2-1-3-15(16)17-11-21-9-10-24(17)12-18-22-19(23-28-18)13-5-7-14(8-6-13)25(26)27/h1-8,17,21H,9-12H2. The Bertz CT molecular complexity index is 976. The average molecular weight is 400 g/mol. The van der Waals surface area contributed by atoms with Gasteiger partial charge >= 0.3 is 0 Å². The molecule has 28 heavy (non-hydrogen) atoms. The van der Waals surface area contributed by atoms with Crippen LogP contribution < -0.4 is 5.32 Å². The van der Waals surface area contributed by atoms with Gasteiger partial charge in [0, 0.05) is 48.4 Å². The molecule has 0 bridgehead atoms. The highest BCUT2D eigenvalue weighted by molar-refractivity contribution is 6.31. The Morgan fingerprint density at radius 2 is 2.04 bits per heavy atom. The number of nitro groups is 1. The fourth-order valence-corrected chi connectivity index (χ4v) is 3.59. The van der Waals surface area contributed by atoms with Gasteiger partial charge < -0.3 is 9.84 Å². The molecule has 144 valence electrons. The molecule has 1 aliphatic heterocycles. The quantitative estimate of drug-likeness (QED) is 0.518. The van der Waals surface area contributed by atoms with Gasteiger partial charge in [0.2, 0.25) is 11.7 Å². The van der Waals surface area contributed by atoms with Crippen LogP contribution in [0.25, 0.3) is 11.4 Å². The van der Waals surface area contributed by atoms with E-state index in [2.05, 4.69) is 20.4 Å². The zero-order chi connectivity index (χ0) is 19.5. The van der Waals surface area contributed by atoms with E-state index < -0.39 is 4.92 Å². The fourth-order valence-electron chi connectivity index (χ4n) is 3.33. The second-order valence-electron chi connectivity index (χ2n) is 6.53. The van der Waals surface area contributed by atoms with Crippen LogP contribution in [0.3, 0.4) is 0 Å². The monoisotopic (exact) mass is 399 g/mol. The average Bonchev–Trinajstić information content (AvgIpc) is 3.18. The fraction of sp³-hybridized carbons (Fsp3) is 0.263. The molecule has 1 N–H and O–H groups in total. The van der Waals surface area contributed by atoms with Crippen LogP contribution in [-0.4, -0.2) is 39.6 Å². The van der Waals surface area contributed by atoms with Crippen molar-refractivity contribution >= 4 is 17.3 Å².